The van der Waals surface area contributed by atoms with Crippen LogP contribution in [0.4, 0.5) is 0 Å². The minimum Gasteiger partial charge on any atom is -0.497 e. The zero-order valence-electron chi connectivity index (χ0n) is 12.9. The predicted octanol–water partition coefficient (Wildman–Crippen LogP) is 3.75. The lowest BCUT2D eigenvalue weighted by Crippen LogP contribution is -2.07. The molecule has 2 rings (SSSR count). The van der Waals surface area contributed by atoms with Crippen molar-refractivity contribution in [1.29, 1.82) is 0 Å². The van der Waals surface area contributed by atoms with E-state index in [1.165, 1.54) is 0 Å². The third-order valence-corrected chi connectivity index (χ3v) is 3.70. The Balaban J connectivity index is 2.25. The molecule has 0 saturated heterocycles. The first-order valence-corrected chi connectivity index (χ1v) is 6.87. The Hall–Kier alpha value is -2.29. The number of aryl methyl sites for hydroxylation is 1. The summed E-state index contributed by atoms with van der Waals surface area (Å²) < 4.78 is 10.5. The van der Waals surface area contributed by atoms with Crippen LogP contribution in [0.15, 0.2) is 36.4 Å². The van der Waals surface area contributed by atoms with E-state index in [1.807, 2.05) is 50.2 Å². The molecular formula is C18H20O3. The molecule has 0 aliphatic rings. The highest BCUT2D eigenvalue weighted by Gasteiger charge is 2.15. The van der Waals surface area contributed by atoms with Gasteiger partial charge in [0, 0.05) is 6.42 Å². The van der Waals surface area contributed by atoms with E-state index < -0.39 is 0 Å². The highest BCUT2D eigenvalue weighted by molar-refractivity contribution is 6.00. The Labute approximate surface area is 125 Å². The fourth-order valence-electron chi connectivity index (χ4n) is 2.30. The van der Waals surface area contributed by atoms with Crippen LogP contribution in [0.3, 0.4) is 0 Å². The molecule has 0 amide bonds. The van der Waals surface area contributed by atoms with Crippen LogP contribution in [-0.2, 0) is 6.42 Å². The van der Waals surface area contributed by atoms with Crippen molar-refractivity contribution >= 4 is 5.78 Å². The van der Waals surface area contributed by atoms with Crippen LogP contribution < -0.4 is 9.47 Å². The minimum atomic E-state index is 0.0557. The normalized spacial score (nSPS) is 10.3. The lowest BCUT2D eigenvalue weighted by molar-refractivity contribution is 0.0990. The van der Waals surface area contributed by atoms with Crippen LogP contribution in [0.1, 0.15) is 27.0 Å². The average Bonchev–Trinajstić information content (AvgIpc) is 2.50. The van der Waals surface area contributed by atoms with Gasteiger partial charge in [0.2, 0.25) is 0 Å². The Morgan fingerprint density at radius 3 is 2.19 bits per heavy atom. The van der Waals surface area contributed by atoms with Gasteiger partial charge in [-0.2, -0.15) is 0 Å². The Bertz CT molecular complexity index is 642. The van der Waals surface area contributed by atoms with Gasteiger partial charge in [-0.3, -0.25) is 4.79 Å². The topological polar surface area (TPSA) is 35.5 Å². The zero-order chi connectivity index (χ0) is 15.4. The molecule has 0 aromatic heterocycles. The maximum atomic E-state index is 12.5. The van der Waals surface area contributed by atoms with Crippen molar-refractivity contribution in [2.75, 3.05) is 14.2 Å². The van der Waals surface area contributed by atoms with Crippen molar-refractivity contribution < 1.29 is 14.3 Å². The Morgan fingerprint density at radius 2 is 1.62 bits per heavy atom. The second kappa shape index (κ2) is 6.44. The van der Waals surface area contributed by atoms with Crippen LogP contribution in [0, 0.1) is 13.8 Å². The molecule has 0 spiro atoms. The molecular weight excluding hydrogens is 264 g/mol. The molecule has 0 aliphatic heterocycles. The van der Waals surface area contributed by atoms with Gasteiger partial charge in [-0.15, -0.1) is 0 Å². The molecule has 0 fully saturated rings. The summed E-state index contributed by atoms with van der Waals surface area (Å²) in [5.41, 5.74) is 3.73. The molecule has 0 unspecified atom stereocenters. The number of hydrogen-bond acceptors (Lipinski definition) is 3. The van der Waals surface area contributed by atoms with E-state index in [0.29, 0.717) is 17.7 Å². The molecule has 110 valence electrons. The number of ether oxygens (including phenoxy) is 2. The monoisotopic (exact) mass is 284 g/mol. The van der Waals surface area contributed by atoms with Gasteiger partial charge < -0.3 is 9.47 Å². The van der Waals surface area contributed by atoms with Gasteiger partial charge in [0.1, 0.15) is 11.5 Å². The number of ketones is 1. The maximum absolute atomic E-state index is 12.5. The minimum absolute atomic E-state index is 0.0557. The number of rotatable bonds is 5. The zero-order valence-corrected chi connectivity index (χ0v) is 12.9. The first-order valence-electron chi connectivity index (χ1n) is 6.87. The first kappa shape index (κ1) is 15.1. The van der Waals surface area contributed by atoms with Crippen molar-refractivity contribution in [1.82, 2.24) is 0 Å². The maximum Gasteiger partial charge on any atom is 0.170 e. The number of methoxy groups -OCH3 is 2. The van der Waals surface area contributed by atoms with E-state index in [2.05, 4.69) is 0 Å². The molecule has 3 nitrogen and oxygen atoms in total. The van der Waals surface area contributed by atoms with E-state index in [-0.39, 0.29) is 5.78 Å². The van der Waals surface area contributed by atoms with Crippen LogP contribution in [0.25, 0.3) is 0 Å². The van der Waals surface area contributed by atoms with Gasteiger partial charge in [0.25, 0.3) is 0 Å². The standard InChI is InChI=1S/C18H20O3/c1-12-5-10-16(18(21-4)13(12)2)17(19)11-14-6-8-15(20-3)9-7-14/h5-10H,11H2,1-4H3. The lowest BCUT2D eigenvalue weighted by Gasteiger charge is -2.12. The van der Waals surface area contributed by atoms with Crippen molar-refractivity contribution in [2.45, 2.75) is 20.3 Å². The Morgan fingerprint density at radius 1 is 0.952 bits per heavy atom. The van der Waals surface area contributed by atoms with Crippen molar-refractivity contribution in [2.24, 2.45) is 0 Å². The van der Waals surface area contributed by atoms with E-state index in [1.54, 1.807) is 14.2 Å². The van der Waals surface area contributed by atoms with Crippen LogP contribution >= 0.6 is 0 Å². The average molecular weight is 284 g/mol. The highest BCUT2D eigenvalue weighted by Crippen LogP contribution is 2.27. The van der Waals surface area contributed by atoms with Crippen molar-refractivity contribution in [3.05, 3.63) is 58.7 Å². The summed E-state index contributed by atoms with van der Waals surface area (Å²) in [5.74, 6) is 1.52. The van der Waals surface area contributed by atoms with E-state index >= 15 is 0 Å². The largest absolute Gasteiger partial charge is 0.497 e. The molecule has 0 aliphatic carbocycles. The summed E-state index contributed by atoms with van der Waals surface area (Å²) >= 11 is 0. The highest BCUT2D eigenvalue weighted by atomic mass is 16.5. The van der Waals surface area contributed by atoms with E-state index in [9.17, 15) is 4.79 Å². The molecule has 0 saturated carbocycles. The van der Waals surface area contributed by atoms with Gasteiger partial charge in [-0.1, -0.05) is 18.2 Å². The second-order valence-electron chi connectivity index (χ2n) is 5.04. The molecule has 3 heteroatoms. The van der Waals surface area contributed by atoms with Crippen LogP contribution in [0.5, 0.6) is 11.5 Å². The summed E-state index contributed by atoms with van der Waals surface area (Å²) in [6.45, 7) is 3.98. The fraction of sp³-hybridized carbons (Fsp3) is 0.278. The molecule has 0 heterocycles. The summed E-state index contributed by atoms with van der Waals surface area (Å²) in [6.07, 6.45) is 0.350. The number of hydrogen-bond donors (Lipinski definition) is 0. The van der Waals surface area contributed by atoms with E-state index in [0.717, 1.165) is 22.4 Å². The lowest BCUT2D eigenvalue weighted by atomic mass is 9.98. The van der Waals surface area contributed by atoms with Gasteiger partial charge in [0.15, 0.2) is 5.78 Å². The van der Waals surface area contributed by atoms with Gasteiger partial charge in [-0.05, 0) is 48.7 Å². The Kier molecular flexibility index (Phi) is 4.63. The third-order valence-electron chi connectivity index (χ3n) is 3.70. The summed E-state index contributed by atoms with van der Waals surface area (Å²) in [5, 5.41) is 0. The fourth-order valence-corrected chi connectivity index (χ4v) is 2.30. The van der Waals surface area contributed by atoms with Gasteiger partial charge in [0.05, 0.1) is 19.8 Å². The number of Topliss-reactive ketones (excluding diaryl/α,β-unsaturated/α-hetero) is 1. The molecule has 21 heavy (non-hydrogen) atoms. The third kappa shape index (κ3) is 3.24. The number of carbonyl (C=O) groups excluding carboxylic acids is 1. The summed E-state index contributed by atoms with van der Waals surface area (Å²) in [6, 6.07) is 11.3. The summed E-state index contributed by atoms with van der Waals surface area (Å²) in [7, 11) is 3.23. The molecule has 2 aromatic carbocycles. The smallest absolute Gasteiger partial charge is 0.170 e. The molecule has 0 bridgehead atoms. The van der Waals surface area contributed by atoms with Gasteiger partial charge in [-0.25, -0.2) is 0 Å². The van der Waals surface area contributed by atoms with E-state index in [4.69, 9.17) is 9.47 Å². The van der Waals surface area contributed by atoms with Crippen LogP contribution in [0.2, 0.25) is 0 Å². The second-order valence-corrected chi connectivity index (χ2v) is 5.04. The van der Waals surface area contributed by atoms with Crippen molar-refractivity contribution in [3.63, 3.8) is 0 Å². The van der Waals surface area contributed by atoms with Crippen LogP contribution in [-0.4, -0.2) is 20.0 Å². The quantitative estimate of drug-likeness (QED) is 0.784. The molecule has 2 aromatic rings. The van der Waals surface area contributed by atoms with Gasteiger partial charge >= 0.3 is 0 Å². The SMILES string of the molecule is COc1ccc(CC(=O)c2ccc(C)c(C)c2OC)cc1. The van der Waals surface area contributed by atoms with Crippen molar-refractivity contribution in [3.8, 4) is 11.5 Å². The summed E-state index contributed by atoms with van der Waals surface area (Å²) in [4.78, 5) is 12.5. The number of carbonyl (C=O) groups is 1. The first-order chi connectivity index (χ1) is 10.1. The molecule has 0 atom stereocenters. The molecule has 0 N–H and O–H groups in total. The predicted molar refractivity (Wildman–Crippen MR) is 83.5 cm³/mol. The molecule has 0 radical (unpaired) electrons. The number of benzene rings is 2.